The third-order valence-corrected chi connectivity index (χ3v) is 2.76. The van der Waals surface area contributed by atoms with Gasteiger partial charge in [-0.3, -0.25) is 9.98 Å². The summed E-state index contributed by atoms with van der Waals surface area (Å²) in [6.07, 6.45) is 24.3. The normalized spacial score (nSPS) is 17.8. The van der Waals surface area contributed by atoms with Crippen molar-refractivity contribution in [1.82, 2.24) is 4.90 Å². The van der Waals surface area contributed by atoms with Crippen molar-refractivity contribution in [3.63, 3.8) is 0 Å². The van der Waals surface area contributed by atoms with Gasteiger partial charge in [-0.2, -0.15) is 5.26 Å². The molecule has 0 aliphatic carbocycles. The zero-order valence-corrected chi connectivity index (χ0v) is 12.5. The molecule has 0 N–H and O–H groups in total. The van der Waals surface area contributed by atoms with Gasteiger partial charge in [0.15, 0.2) is 0 Å². The second-order valence-corrected chi connectivity index (χ2v) is 4.39. The van der Waals surface area contributed by atoms with Gasteiger partial charge in [0.05, 0.1) is 17.5 Å². The fraction of sp³-hybridized carbons (Fsp3) is 0.0556. The largest absolute Gasteiger partial charge is 0.471 e. The van der Waals surface area contributed by atoms with Crippen molar-refractivity contribution in [3.05, 3.63) is 84.8 Å². The molecule has 0 bridgehead atoms. The molecule has 2 heterocycles. The average molecular weight is 304 g/mol. The van der Waals surface area contributed by atoms with Crippen molar-refractivity contribution >= 4 is 12.4 Å². The van der Waals surface area contributed by atoms with E-state index in [4.69, 9.17) is 10.00 Å². The SMILES string of the molecule is N#CC1=COC=CC=CC=CN=CC=C2C=NCN2C=CC=C1. The Morgan fingerprint density at radius 3 is 2.96 bits per heavy atom. The van der Waals surface area contributed by atoms with Gasteiger partial charge in [-0.05, 0) is 30.4 Å². The van der Waals surface area contributed by atoms with E-state index in [-0.39, 0.29) is 0 Å². The lowest BCUT2D eigenvalue weighted by atomic mass is 10.3. The third kappa shape index (κ3) is 5.86. The second kappa shape index (κ2) is 9.53. The first-order chi connectivity index (χ1) is 11.4. The number of rotatable bonds is 0. The monoisotopic (exact) mass is 304 g/mol. The molecule has 2 aliphatic rings. The Morgan fingerprint density at radius 2 is 2.04 bits per heavy atom. The number of fused-ring (bicyclic) bond motifs is 1. The molecule has 114 valence electrons. The molecule has 0 atom stereocenters. The zero-order valence-electron chi connectivity index (χ0n) is 12.5. The maximum atomic E-state index is 9.02. The molecule has 0 aromatic rings. The smallest absolute Gasteiger partial charge is 0.114 e. The summed E-state index contributed by atoms with van der Waals surface area (Å²) >= 11 is 0. The summed E-state index contributed by atoms with van der Waals surface area (Å²) in [4.78, 5) is 10.3. The summed E-state index contributed by atoms with van der Waals surface area (Å²) in [5.74, 6) is 0. The molecule has 2 aliphatic heterocycles. The first-order valence-electron chi connectivity index (χ1n) is 6.99. The van der Waals surface area contributed by atoms with Crippen LogP contribution < -0.4 is 0 Å². The molecular formula is C18H16N4O. The van der Waals surface area contributed by atoms with E-state index in [9.17, 15) is 0 Å². The van der Waals surface area contributed by atoms with Crippen LogP contribution in [0.3, 0.4) is 0 Å². The summed E-state index contributed by atoms with van der Waals surface area (Å²) < 4.78 is 5.17. The fourth-order valence-electron chi connectivity index (χ4n) is 1.67. The maximum absolute atomic E-state index is 9.02. The van der Waals surface area contributed by atoms with Gasteiger partial charge in [-0.15, -0.1) is 0 Å². The zero-order chi connectivity index (χ0) is 16.2. The highest BCUT2D eigenvalue weighted by Crippen LogP contribution is 2.09. The average Bonchev–Trinajstić information content (AvgIpc) is 3.01. The Kier molecular flexibility index (Phi) is 6.62. The maximum Gasteiger partial charge on any atom is 0.114 e. The van der Waals surface area contributed by atoms with E-state index in [0.717, 1.165) is 5.70 Å². The van der Waals surface area contributed by atoms with Gasteiger partial charge >= 0.3 is 0 Å². The van der Waals surface area contributed by atoms with Gasteiger partial charge in [0.25, 0.3) is 0 Å². The Labute approximate surface area is 135 Å². The molecule has 0 radical (unpaired) electrons. The van der Waals surface area contributed by atoms with E-state index in [1.54, 1.807) is 42.9 Å². The number of ether oxygens (including phenoxy) is 1. The molecule has 0 aromatic heterocycles. The molecule has 0 spiro atoms. The fourth-order valence-corrected chi connectivity index (χ4v) is 1.67. The molecule has 5 heteroatoms. The van der Waals surface area contributed by atoms with Gasteiger partial charge in [0, 0.05) is 24.8 Å². The van der Waals surface area contributed by atoms with Crippen LogP contribution >= 0.6 is 0 Å². The standard InChI is InChI=1S/C18H16N4O/c19-13-17-7-3-5-11-22-16-21-14-18(22)8-10-20-9-4-1-2-6-12-23-15-17/h1-12,14-15H,16H2. The van der Waals surface area contributed by atoms with Crippen LogP contribution in [0, 0.1) is 11.3 Å². The molecule has 0 amide bonds. The van der Waals surface area contributed by atoms with Gasteiger partial charge in [-0.25, -0.2) is 0 Å². The quantitative estimate of drug-likeness (QED) is 0.689. The van der Waals surface area contributed by atoms with Gasteiger partial charge in [-0.1, -0.05) is 18.2 Å². The minimum absolute atomic E-state index is 0.421. The van der Waals surface area contributed by atoms with E-state index >= 15 is 0 Å². The van der Waals surface area contributed by atoms with Crippen molar-refractivity contribution in [2.24, 2.45) is 9.98 Å². The molecular weight excluding hydrogens is 288 g/mol. The van der Waals surface area contributed by atoms with E-state index in [2.05, 4.69) is 16.1 Å². The first-order valence-corrected chi connectivity index (χ1v) is 6.99. The lowest BCUT2D eigenvalue weighted by Crippen LogP contribution is -2.11. The Bertz CT molecular complexity index is 710. The van der Waals surface area contributed by atoms with Crippen molar-refractivity contribution in [3.8, 4) is 6.07 Å². The van der Waals surface area contributed by atoms with E-state index in [1.807, 2.05) is 35.4 Å². The number of allylic oxidation sites excluding steroid dienone is 10. The molecule has 0 fully saturated rings. The number of aliphatic imine (C=N–C) groups is 2. The van der Waals surface area contributed by atoms with Crippen LogP contribution in [0.5, 0.6) is 0 Å². The van der Waals surface area contributed by atoms with E-state index in [1.165, 1.54) is 12.5 Å². The molecule has 0 saturated carbocycles. The highest BCUT2D eigenvalue weighted by Gasteiger charge is 2.07. The number of nitrogens with zero attached hydrogens (tertiary/aromatic N) is 4. The number of hydrogen-bond donors (Lipinski definition) is 0. The third-order valence-electron chi connectivity index (χ3n) is 2.76. The summed E-state index contributed by atoms with van der Waals surface area (Å²) in [5.41, 5.74) is 1.37. The molecule has 5 nitrogen and oxygen atoms in total. The second-order valence-electron chi connectivity index (χ2n) is 4.39. The van der Waals surface area contributed by atoms with Crippen LogP contribution in [0.25, 0.3) is 0 Å². The highest BCUT2D eigenvalue weighted by molar-refractivity contribution is 5.87. The van der Waals surface area contributed by atoms with Crippen molar-refractivity contribution in [1.29, 1.82) is 5.26 Å². The number of hydrogen-bond acceptors (Lipinski definition) is 5. The van der Waals surface area contributed by atoms with Crippen molar-refractivity contribution in [2.75, 3.05) is 6.67 Å². The van der Waals surface area contributed by atoms with Crippen LogP contribution in [0.4, 0.5) is 0 Å². The summed E-state index contributed by atoms with van der Waals surface area (Å²) in [6.45, 7) is 0.567. The molecule has 2 rings (SSSR count). The van der Waals surface area contributed by atoms with Gasteiger partial charge in [0.1, 0.15) is 19.0 Å². The van der Waals surface area contributed by atoms with Crippen molar-refractivity contribution in [2.45, 2.75) is 0 Å². The van der Waals surface area contributed by atoms with Crippen LogP contribution in [-0.2, 0) is 4.74 Å². The highest BCUT2D eigenvalue weighted by atomic mass is 16.5. The topological polar surface area (TPSA) is 61.0 Å². The predicted octanol–water partition coefficient (Wildman–Crippen LogP) is 3.38. The molecule has 0 aromatic carbocycles. The van der Waals surface area contributed by atoms with Crippen LogP contribution in [0.2, 0.25) is 0 Å². The van der Waals surface area contributed by atoms with E-state index < -0.39 is 0 Å². The molecule has 0 unspecified atom stereocenters. The molecule has 23 heavy (non-hydrogen) atoms. The molecule has 0 saturated heterocycles. The van der Waals surface area contributed by atoms with Crippen LogP contribution in [0.1, 0.15) is 0 Å². The lowest BCUT2D eigenvalue weighted by molar-refractivity contribution is 0.401. The van der Waals surface area contributed by atoms with E-state index in [0.29, 0.717) is 12.2 Å². The summed E-state index contributed by atoms with van der Waals surface area (Å²) in [5, 5.41) is 9.02. The Hall–Kier alpha value is -3.39. The minimum atomic E-state index is 0.421. The van der Waals surface area contributed by atoms with Crippen LogP contribution in [-0.4, -0.2) is 24.0 Å². The number of nitriles is 1. The predicted molar refractivity (Wildman–Crippen MR) is 92.3 cm³/mol. The minimum Gasteiger partial charge on any atom is -0.471 e. The Balaban J connectivity index is 2.19. The van der Waals surface area contributed by atoms with Gasteiger partial charge in [0.2, 0.25) is 0 Å². The van der Waals surface area contributed by atoms with Crippen molar-refractivity contribution < 1.29 is 4.74 Å². The Morgan fingerprint density at radius 1 is 1.13 bits per heavy atom. The lowest BCUT2D eigenvalue weighted by Gasteiger charge is -2.11. The van der Waals surface area contributed by atoms with Crippen LogP contribution in [0.15, 0.2) is 94.8 Å². The first kappa shape index (κ1) is 16.0. The summed E-state index contributed by atoms with van der Waals surface area (Å²) in [6, 6.07) is 2.06. The van der Waals surface area contributed by atoms with Gasteiger partial charge < -0.3 is 9.64 Å². The summed E-state index contributed by atoms with van der Waals surface area (Å²) in [7, 11) is 0.